The van der Waals surface area contributed by atoms with Crippen molar-refractivity contribution in [3.8, 4) is 0 Å². The highest BCUT2D eigenvalue weighted by Crippen LogP contribution is 2.16. The molecule has 0 unspecified atom stereocenters. The van der Waals surface area contributed by atoms with Gasteiger partial charge in [-0.3, -0.25) is 4.79 Å². The van der Waals surface area contributed by atoms with E-state index in [1.54, 1.807) is 12.1 Å². The van der Waals surface area contributed by atoms with Gasteiger partial charge in [0.05, 0.1) is 0 Å². The number of anilines is 1. The number of rotatable bonds is 4. The van der Waals surface area contributed by atoms with Gasteiger partial charge in [-0.2, -0.15) is 0 Å². The van der Waals surface area contributed by atoms with Gasteiger partial charge >= 0.3 is 5.97 Å². The van der Waals surface area contributed by atoms with Gasteiger partial charge < -0.3 is 10.4 Å². The molecule has 0 fully saturated rings. The van der Waals surface area contributed by atoms with Gasteiger partial charge in [-0.15, -0.1) is 0 Å². The lowest BCUT2D eigenvalue weighted by Gasteiger charge is -2.04. The Bertz CT molecular complexity index is 498. The molecule has 1 rings (SSSR count). The fourth-order valence-electron chi connectivity index (χ4n) is 1.31. The second-order valence-corrected chi connectivity index (χ2v) is 3.71. The molecule has 0 atom stereocenters. The Morgan fingerprint density at radius 3 is 2.28 bits per heavy atom. The van der Waals surface area contributed by atoms with Gasteiger partial charge in [-0.1, -0.05) is 18.2 Å². The minimum atomic E-state index is -1.15. The van der Waals surface area contributed by atoms with Gasteiger partial charge in [0.1, 0.15) is 0 Å². The van der Waals surface area contributed by atoms with Crippen molar-refractivity contribution >= 4 is 23.1 Å². The minimum absolute atomic E-state index is 0.465. The van der Waals surface area contributed by atoms with Crippen LogP contribution in [0.15, 0.2) is 42.5 Å². The molecule has 94 valence electrons. The van der Waals surface area contributed by atoms with Crippen molar-refractivity contribution in [3.63, 3.8) is 0 Å². The molecule has 2 N–H and O–H groups in total. The van der Waals surface area contributed by atoms with E-state index in [0.29, 0.717) is 5.69 Å². The lowest BCUT2D eigenvalue weighted by atomic mass is 10.1. The van der Waals surface area contributed by atoms with Crippen LogP contribution in [-0.2, 0) is 9.59 Å². The summed E-state index contributed by atoms with van der Waals surface area (Å²) in [6, 6.07) is 7.33. The van der Waals surface area contributed by atoms with Gasteiger partial charge in [-0.25, -0.2) is 4.79 Å². The third-order valence-corrected chi connectivity index (χ3v) is 2.42. The van der Waals surface area contributed by atoms with Crippen LogP contribution in [0, 0.1) is 0 Å². The molecule has 0 aliphatic rings. The summed E-state index contributed by atoms with van der Waals surface area (Å²) in [5, 5.41) is 11.0. The predicted octanol–water partition coefficient (Wildman–Crippen LogP) is 2.69. The Morgan fingerprint density at radius 1 is 1.17 bits per heavy atom. The zero-order valence-corrected chi connectivity index (χ0v) is 10.3. The molecule has 0 bridgehead atoms. The number of carboxylic acids is 1. The largest absolute Gasteiger partial charge is 0.478 e. The van der Waals surface area contributed by atoms with Gasteiger partial charge in [-0.05, 0) is 37.1 Å². The molecule has 0 saturated carbocycles. The monoisotopic (exact) mass is 245 g/mol. The predicted molar refractivity (Wildman–Crippen MR) is 71.2 cm³/mol. The highest BCUT2D eigenvalue weighted by molar-refractivity contribution is 6.02. The molecular weight excluding hydrogens is 230 g/mol. The third kappa shape index (κ3) is 4.25. The minimum Gasteiger partial charge on any atom is -0.478 e. The molecular formula is C14H15NO3. The van der Waals surface area contributed by atoms with E-state index in [4.69, 9.17) is 5.11 Å². The van der Waals surface area contributed by atoms with Gasteiger partial charge in [0, 0.05) is 17.8 Å². The van der Waals surface area contributed by atoms with Crippen molar-refractivity contribution in [2.75, 3.05) is 5.32 Å². The van der Waals surface area contributed by atoms with Crippen LogP contribution in [0.4, 0.5) is 5.69 Å². The number of amides is 1. The smallest absolute Gasteiger partial charge is 0.328 e. The first-order valence-electron chi connectivity index (χ1n) is 5.48. The molecule has 0 saturated heterocycles. The molecule has 1 amide bonds. The van der Waals surface area contributed by atoms with E-state index in [2.05, 4.69) is 5.32 Å². The number of carboxylic acid groups (broad SMARTS) is 1. The molecule has 4 heteroatoms. The van der Waals surface area contributed by atoms with E-state index in [1.165, 1.54) is 0 Å². The van der Waals surface area contributed by atoms with Crippen LogP contribution in [-0.4, -0.2) is 17.0 Å². The fraction of sp³-hybridized carbons (Fsp3) is 0.143. The number of hydrogen-bond donors (Lipinski definition) is 2. The van der Waals surface area contributed by atoms with Crippen LogP contribution >= 0.6 is 0 Å². The standard InChI is InChI=1S/C14H15NO3/c1-3-10(2)11-4-6-12(7-5-11)15-13(16)8-9-14(17)18/h3-9H,1-2H3,(H,15,16)(H,17,18)/b9-8-,10-3-. The zero-order chi connectivity index (χ0) is 13.5. The number of benzene rings is 1. The average molecular weight is 245 g/mol. The molecule has 0 aromatic heterocycles. The van der Waals surface area contributed by atoms with Gasteiger partial charge in [0.15, 0.2) is 0 Å². The maximum absolute atomic E-state index is 11.3. The summed E-state index contributed by atoms with van der Waals surface area (Å²) >= 11 is 0. The van der Waals surface area contributed by atoms with Crippen molar-refractivity contribution in [3.05, 3.63) is 48.1 Å². The third-order valence-electron chi connectivity index (χ3n) is 2.42. The van der Waals surface area contributed by atoms with Crippen molar-refractivity contribution in [1.29, 1.82) is 0 Å². The number of carbonyl (C=O) groups is 2. The normalized spacial score (nSPS) is 11.6. The first-order valence-corrected chi connectivity index (χ1v) is 5.48. The van der Waals surface area contributed by atoms with E-state index in [1.807, 2.05) is 32.1 Å². The molecule has 0 aliphatic heterocycles. The molecule has 0 heterocycles. The SMILES string of the molecule is C/C=C(/C)c1ccc(NC(=O)/C=C\C(=O)O)cc1. The van der Waals surface area contributed by atoms with E-state index in [-0.39, 0.29) is 0 Å². The lowest BCUT2D eigenvalue weighted by molar-refractivity contribution is -0.131. The molecule has 1 aromatic rings. The maximum atomic E-state index is 11.3. The van der Waals surface area contributed by atoms with Gasteiger partial charge in [0.2, 0.25) is 5.91 Å². The number of allylic oxidation sites excluding steroid dienone is 2. The quantitative estimate of drug-likeness (QED) is 0.801. The first-order chi connectivity index (χ1) is 8.52. The topological polar surface area (TPSA) is 66.4 Å². The lowest BCUT2D eigenvalue weighted by Crippen LogP contribution is -2.08. The molecule has 0 radical (unpaired) electrons. The maximum Gasteiger partial charge on any atom is 0.328 e. The van der Waals surface area contributed by atoms with Crippen LogP contribution < -0.4 is 5.32 Å². The van der Waals surface area contributed by atoms with E-state index < -0.39 is 11.9 Å². The summed E-state index contributed by atoms with van der Waals surface area (Å²) in [5.74, 6) is -1.61. The van der Waals surface area contributed by atoms with E-state index >= 15 is 0 Å². The summed E-state index contributed by atoms with van der Waals surface area (Å²) in [4.78, 5) is 21.6. The summed E-state index contributed by atoms with van der Waals surface area (Å²) < 4.78 is 0. The van der Waals surface area contributed by atoms with Crippen LogP contribution in [0.2, 0.25) is 0 Å². The van der Waals surface area contributed by atoms with E-state index in [9.17, 15) is 9.59 Å². The Balaban J connectivity index is 2.70. The number of nitrogens with one attached hydrogen (secondary N) is 1. The molecule has 0 spiro atoms. The van der Waals surface area contributed by atoms with Crippen LogP contribution in [0.3, 0.4) is 0 Å². The number of aliphatic carboxylic acids is 1. The second-order valence-electron chi connectivity index (χ2n) is 3.71. The molecule has 4 nitrogen and oxygen atoms in total. The number of carbonyl (C=O) groups excluding carboxylic acids is 1. The second kappa shape index (κ2) is 6.39. The Hall–Kier alpha value is -2.36. The van der Waals surface area contributed by atoms with Crippen LogP contribution in [0.25, 0.3) is 5.57 Å². The first kappa shape index (κ1) is 13.7. The summed E-state index contributed by atoms with van der Waals surface area (Å²) in [6.45, 7) is 3.96. The van der Waals surface area contributed by atoms with Crippen molar-refractivity contribution in [2.45, 2.75) is 13.8 Å². The van der Waals surface area contributed by atoms with E-state index in [0.717, 1.165) is 23.3 Å². The Labute approximate surface area is 106 Å². The summed E-state index contributed by atoms with van der Waals surface area (Å²) in [6.07, 6.45) is 3.78. The zero-order valence-electron chi connectivity index (χ0n) is 10.3. The Kier molecular flexibility index (Phi) is 4.87. The van der Waals surface area contributed by atoms with Crippen LogP contribution in [0.1, 0.15) is 19.4 Å². The average Bonchev–Trinajstić information content (AvgIpc) is 2.36. The van der Waals surface area contributed by atoms with Crippen molar-refractivity contribution < 1.29 is 14.7 Å². The Morgan fingerprint density at radius 2 is 1.78 bits per heavy atom. The number of hydrogen-bond acceptors (Lipinski definition) is 2. The van der Waals surface area contributed by atoms with Gasteiger partial charge in [0.25, 0.3) is 0 Å². The molecule has 18 heavy (non-hydrogen) atoms. The highest BCUT2D eigenvalue weighted by atomic mass is 16.4. The summed E-state index contributed by atoms with van der Waals surface area (Å²) in [5.41, 5.74) is 2.86. The highest BCUT2D eigenvalue weighted by Gasteiger charge is 1.99. The fourth-order valence-corrected chi connectivity index (χ4v) is 1.31. The van der Waals surface area contributed by atoms with Crippen LogP contribution in [0.5, 0.6) is 0 Å². The van der Waals surface area contributed by atoms with Crippen molar-refractivity contribution in [1.82, 2.24) is 0 Å². The molecule has 0 aliphatic carbocycles. The summed E-state index contributed by atoms with van der Waals surface area (Å²) in [7, 11) is 0. The van der Waals surface area contributed by atoms with Crippen molar-refractivity contribution in [2.24, 2.45) is 0 Å². The molecule has 1 aromatic carbocycles.